The van der Waals surface area contributed by atoms with Crippen molar-refractivity contribution in [3.05, 3.63) is 174 Å². The molecule has 4 heterocycles. The van der Waals surface area contributed by atoms with E-state index in [-0.39, 0.29) is 12.0 Å². The first-order valence-electron chi connectivity index (χ1n) is 21.3. The summed E-state index contributed by atoms with van der Waals surface area (Å²) in [6, 6.07) is 48.2. The van der Waals surface area contributed by atoms with E-state index in [1.807, 2.05) is 17.4 Å². The molecule has 0 amide bonds. The largest absolute Gasteiger partial charge is 0.300 e. The highest BCUT2D eigenvalue weighted by atomic mass is 32.1. The quantitative estimate of drug-likeness (QED) is 0.125. The molecule has 2 aliphatic rings. The van der Waals surface area contributed by atoms with Crippen molar-refractivity contribution in [1.82, 2.24) is 4.57 Å². The highest BCUT2D eigenvalue weighted by Crippen LogP contribution is 2.46. The van der Waals surface area contributed by atoms with Crippen molar-refractivity contribution >= 4 is 75.5 Å². The summed E-state index contributed by atoms with van der Waals surface area (Å²) in [5.41, 5.74) is 13.6. The smallest absolute Gasteiger partial charge is 0.280 e. The van der Waals surface area contributed by atoms with Crippen LogP contribution in [0.5, 0.6) is 0 Å². The fourth-order valence-corrected chi connectivity index (χ4v) is 11.6. The first-order valence-corrected chi connectivity index (χ1v) is 22.1. The zero-order chi connectivity index (χ0) is 40.1. The Morgan fingerprint density at radius 1 is 0.712 bits per heavy atom. The minimum atomic E-state index is 0.0413. The van der Waals surface area contributed by atoms with Crippen molar-refractivity contribution in [2.75, 3.05) is 0 Å². The molecule has 2 atom stereocenters. The van der Waals surface area contributed by atoms with Gasteiger partial charge in [0.25, 0.3) is 5.82 Å². The number of aryl methyl sites for hydroxylation is 1. The molecule has 0 saturated carbocycles. The zero-order valence-corrected chi connectivity index (χ0v) is 35.1. The van der Waals surface area contributed by atoms with Gasteiger partial charge >= 0.3 is 0 Å². The number of aliphatic imine (C=N–C) groups is 1. The first-order chi connectivity index (χ1) is 28.8. The number of para-hydroxylation sites is 3. The van der Waals surface area contributed by atoms with Crippen LogP contribution in [0.4, 0.5) is 0 Å². The van der Waals surface area contributed by atoms with Crippen molar-refractivity contribution in [2.45, 2.75) is 70.8 Å². The Hall–Kier alpha value is -6.10. The summed E-state index contributed by atoms with van der Waals surface area (Å²) in [5.74, 6) is 2.09. The molecule has 0 bridgehead atoms. The molecule has 0 fully saturated rings. The van der Waals surface area contributed by atoms with E-state index in [0.717, 1.165) is 30.7 Å². The van der Waals surface area contributed by atoms with E-state index in [1.165, 1.54) is 97.6 Å². The number of benzene rings is 7. The second-order valence-electron chi connectivity index (χ2n) is 17.4. The third-order valence-electron chi connectivity index (χ3n) is 13.2. The highest BCUT2D eigenvalue weighted by Gasteiger charge is 2.38. The van der Waals surface area contributed by atoms with Gasteiger partial charge in [0, 0.05) is 49.2 Å². The average molecular weight is 783 g/mol. The van der Waals surface area contributed by atoms with Crippen LogP contribution < -0.4 is 4.57 Å². The topological polar surface area (TPSA) is 21.2 Å². The number of allylic oxidation sites excluding steroid dienone is 1. The van der Waals surface area contributed by atoms with E-state index in [2.05, 4.69) is 171 Å². The highest BCUT2D eigenvalue weighted by molar-refractivity contribution is 7.25. The van der Waals surface area contributed by atoms with E-state index >= 15 is 0 Å². The third kappa shape index (κ3) is 5.60. The van der Waals surface area contributed by atoms with Crippen LogP contribution in [0.25, 0.3) is 75.5 Å². The Balaban J connectivity index is 1.26. The minimum Gasteiger partial charge on any atom is -0.280 e. The summed E-state index contributed by atoms with van der Waals surface area (Å²) in [6.45, 7) is 18.5. The van der Waals surface area contributed by atoms with Crippen molar-refractivity contribution in [3.8, 4) is 17.1 Å². The number of hydrogen-bond acceptors (Lipinski definition) is 2. The van der Waals surface area contributed by atoms with Crippen molar-refractivity contribution in [3.63, 3.8) is 0 Å². The maximum atomic E-state index is 5.48. The molecular weight excluding hydrogens is 735 g/mol. The molecule has 2 aliphatic heterocycles. The van der Waals surface area contributed by atoms with Gasteiger partial charge in [-0.25, -0.2) is 0 Å². The number of hydrogen-bond donors (Lipinski definition) is 0. The second-order valence-corrected chi connectivity index (χ2v) is 18.5. The van der Waals surface area contributed by atoms with Crippen LogP contribution >= 0.6 is 11.3 Å². The summed E-state index contributed by atoms with van der Waals surface area (Å²) in [6.07, 6.45) is 4.60. The Labute approximate surface area is 350 Å². The van der Waals surface area contributed by atoms with Crippen LogP contribution in [-0.2, 0) is 6.42 Å². The molecule has 7 aromatic carbocycles. The van der Waals surface area contributed by atoms with Gasteiger partial charge in [-0.3, -0.25) is 4.99 Å². The lowest BCUT2D eigenvalue weighted by molar-refractivity contribution is -0.542. The van der Waals surface area contributed by atoms with Crippen molar-refractivity contribution in [2.24, 2.45) is 4.99 Å². The van der Waals surface area contributed by atoms with Crippen LogP contribution in [0.1, 0.15) is 86.1 Å². The molecule has 0 aliphatic carbocycles. The van der Waals surface area contributed by atoms with Gasteiger partial charge in [-0.2, -0.15) is 9.13 Å². The molecule has 11 rings (SSSR count). The van der Waals surface area contributed by atoms with Gasteiger partial charge in [0.15, 0.2) is 11.0 Å². The zero-order valence-electron chi connectivity index (χ0n) is 34.3. The lowest BCUT2D eigenvalue weighted by Gasteiger charge is -2.32. The summed E-state index contributed by atoms with van der Waals surface area (Å²) in [5, 5.41) is 7.75. The molecule has 59 heavy (non-hydrogen) atoms. The van der Waals surface area contributed by atoms with Crippen LogP contribution in [0, 0.1) is 0 Å². The van der Waals surface area contributed by atoms with E-state index in [4.69, 9.17) is 11.6 Å². The Morgan fingerprint density at radius 3 is 2.12 bits per heavy atom. The van der Waals surface area contributed by atoms with Gasteiger partial charge in [-0.15, -0.1) is 11.3 Å². The van der Waals surface area contributed by atoms with Crippen LogP contribution in [0.2, 0.25) is 0 Å². The molecule has 0 saturated heterocycles. The molecule has 0 spiro atoms. The molecule has 2 aromatic heterocycles. The monoisotopic (exact) mass is 782 g/mol. The number of aromatic nitrogens is 2. The van der Waals surface area contributed by atoms with Gasteiger partial charge < -0.3 is 0 Å². The fraction of sp³-hybridized carbons (Fsp3) is 0.200. The van der Waals surface area contributed by atoms with E-state index in [9.17, 15) is 0 Å². The summed E-state index contributed by atoms with van der Waals surface area (Å²) < 4.78 is 7.78. The van der Waals surface area contributed by atoms with Crippen molar-refractivity contribution < 1.29 is 4.57 Å². The standard InChI is InChI=1S/C55H48N3S/c1-7-48-43-18-11-10-17-42(43)44-24-23-37-29-52-47(46-28-38-26-35-15-8-9-16-36(35)27-39(38)30-53(46)59-52)31-45(37)55-57(34(6)25-49(44)56-48)50-21-12-13-22-51(50)58(55)54-40(32(2)3)19-14-20-41(54)33(4)5/h7-22,26-33,44,49H,1,6,23-25H2,2-5H3/q+1. The third-order valence-corrected chi connectivity index (χ3v) is 14.3. The lowest BCUT2D eigenvalue weighted by atomic mass is 9.78. The molecule has 0 N–H and O–H groups in total. The lowest BCUT2D eigenvalue weighted by Crippen LogP contribution is -2.38. The first kappa shape index (κ1) is 36.0. The van der Waals surface area contributed by atoms with Gasteiger partial charge in [-0.1, -0.05) is 120 Å². The molecule has 2 unspecified atom stereocenters. The number of rotatable bonds is 4. The maximum absolute atomic E-state index is 5.48. The van der Waals surface area contributed by atoms with E-state index < -0.39 is 0 Å². The number of thiophene rings is 1. The number of nitrogens with zero attached hydrogens (tertiary/aromatic N) is 3. The molecule has 4 heteroatoms. The molecule has 288 valence electrons. The maximum Gasteiger partial charge on any atom is 0.300 e. The van der Waals surface area contributed by atoms with Gasteiger partial charge in [0.1, 0.15) is 11.4 Å². The molecule has 9 aromatic rings. The van der Waals surface area contributed by atoms with Gasteiger partial charge in [0.05, 0.1) is 17.3 Å². The second kappa shape index (κ2) is 13.7. The minimum absolute atomic E-state index is 0.0413. The average Bonchev–Trinajstić information content (AvgIpc) is 3.77. The van der Waals surface area contributed by atoms with Gasteiger partial charge in [0.2, 0.25) is 0 Å². The SMILES string of the molecule is C=CC1=NC2CC(=C)[n+]3c(n(-c4c(C(C)C)cccc4C(C)C)c4ccccc43)-c3cc4c(cc3CCC2c2ccccc21)sc1cc2cc3ccccc3cc2cc14. The fourth-order valence-electron chi connectivity index (χ4n) is 10.4. The number of imidazole rings is 1. The Bertz CT molecular complexity index is 3230. The van der Waals surface area contributed by atoms with Crippen molar-refractivity contribution in [1.29, 1.82) is 0 Å². The normalized spacial score (nSPS) is 16.8. The summed E-state index contributed by atoms with van der Waals surface area (Å²) in [4.78, 5) is 5.48. The predicted octanol–water partition coefficient (Wildman–Crippen LogP) is 14.5. The van der Waals surface area contributed by atoms with E-state index in [0.29, 0.717) is 11.8 Å². The molecule has 0 radical (unpaired) electrons. The Kier molecular flexibility index (Phi) is 8.39. The Morgan fingerprint density at radius 2 is 1.37 bits per heavy atom. The summed E-state index contributed by atoms with van der Waals surface area (Å²) >= 11 is 1.93. The molecule has 3 nitrogen and oxygen atoms in total. The molecular formula is C55H48N3S+. The number of fused-ring (bicyclic) bond motifs is 13. The van der Waals surface area contributed by atoms with Crippen LogP contribution in [0.15, 0.2) is 152 Å². The summed E-state index contributed by atoms with van der Waals surface area (Å²) in [7, 11) is 0. The predicted molar refractivity (Wildman–Crippen MR) is 253 cm³/mol. The van der Waals surface area contributed by atoms with Crippen LogP contribution in [0.3, 0.4) is 0 Å². The van der Waals surface area contributed by atoms with Crippen LogP contribution in [-0.4, -0.2) is 16.3 Å². The van der Waals surface area contributed by atoms with E-state index in [1.54, 1.807) is 0 Å². The van der Waals surface area contributed by atoms with Gasteiger partial charge in [-0.05, 0) is 112 Å².